The van der Waals surface area contributed by atoms with E-state index >= 15 is 0 Å². The normalized spacial score (nSPS) is 10.6. The third-order valence-corrected chi connectivity index (χ3v) is 4.08. The zero-order valence-corrected chi connectivity index (χ0v) is 13.6. The zero-order chi connectivity index (χ0) is 17.3. The van der Waals surface area contributed by atoms with Gasteiger partial charge in [0.2, 0.25) is 0 Å². The zero-order valence-electron chi connectivity index (χ0n) is 12.1. The number of H-pyrrole nitrogens is 1. The highest BCUT2D eigenvalue weighted by atomic mass is 35.5. The SMILES string of the molecule is O=C(c1ccc(Cl)cc1Cl)c1cc[nH]c1-c1ccc([N+](=O)[O-])cc1. The predicted molar refractivity (Wildman–Crippen MR) is 92.8 cm³/mol. The van der Waals surface area contributed by atoms with Crippen LogP contribution < -0.4 is 0 Å². The van der Waals surface area contributed by atoms with Gasteiger partial charge in [-0.15, -0.1) is 0 Å². The Kier molecular flexibility index (Phi) is 4.38. The van der Waals surface area contributed by atoms with E-state index in [1.54, 1.807) is 36.5 Å². The Morgan fingerprint density at radius 2 is 1.71 bits per heavy atom. The van der Waals surface area contributed by atoms with E-state index in [1.807, 2.05) is 0 Å². The lowest BCUT2D eigenvalue weighted by Gasteiger charge is -2.06. The van der Waals surface area contributed by atoms with Crippen molar-refractivity contribution in [2.45, 2.75) is 0 Å². The van der Waals surface area contributed by atoms with Gasteiger partial charge in [0, 0.05) is 34.5 Å². The van der Waals surface area contributed by atoms with Crippen molar-refractivity contribution in [3.63, 3.8) is 0 Å². The number of rotatable bonds is 4. The molecular weight excluding hydrogens is 351 g/mol. The Balaban J connectivity index is 2.01. The van der Waals surface area contributed by atoms with Crippen molar-refractivity contribution >= 4 is 34.7 Å². The van der Waals surface area contributed by atoms with Gasteiger partial charge >= 0.3 is 0 Å². The maximum atomic E-state index is 12.8. The van der Waals surface area contributed by atoms with Crippen molar-refractivity contribution < 1.29 is 9.72 Å². The summed E-state index contributed by atoms with van der Waals surface area (Å²) in [7, 11) is 0. The summed E-state index contributed by atoms with van der Waals surface area (Å²) < 4.78 is 0. The number of halogens is 2. The van der Waals surface area contributed by atoms with Crippen LogP contribution in [0.25, 0.3) is 11.3 Å². The van der Waals surface area contributed by atoms with E-state index in [0.29, 0.717) is 27.4 Å². The molecule has 0 unspecified atom stereocenters. The van der Waals surface area contributed by atoms with E-state index in [-0.39, 0.29) is 16.5 Å². The first kappa shape index (κ1) is 16.2. The van der Waals surface area contributed by atoms with Crippen LogP contribution in [0.5, 0.6) is 0 Å². The van der Waals surface area contributed by atoms with Gasteiger partial charge in [0.05, 0.1) is 15.6 Å². The van der Waals surface area contributed by atoms with Crippen molar-refractivity contribution in [1.82, 2.24) is 4.98 Å². The number of nitro benzene ring substituents is 1. The molecule has 5 nitrogen and oxygen atoms in total. The fourth-order valence-electron chi connectivity index (χ4n) is 2.37. The fourth-order valence-corrected chi connectivity index (χ4v) is 2.86. The van der Waals surface area contributed by atoms with Crippen LogP contribution >= 0.6 is 23.2 Å². The van der Waals surface area contributed by atoms with Crippen LogP contribution in [0.4, 0.5) is 5.69 Å². The number of nitrogens with zero attached hydrogens (tertiary/aromatic N) is 1. The molecule has 1 aromatic heterocycles. The number of benzene rings is 2. The van der Waals surface area contributed by atoms with Crippen LogP contribution in [0.15, 0.2) is 54.7 Å². The van der Waals surface area contributed by atoms with Crippen LogP contribution in [0, 0.1) is 10.1 Å². The number of aromatic nitrogens is 1. The lowest BCUT2D eigenvalue weighted by molar-refractivity contribution is -0.384. The van der Waals surface area contributed by atoms with Gasteiger partial charge in [-0.25, -0.2) is 0 Å². The molecule has 2 aromatic carbocycles. The predicted octanol–water partition coefficient (Wildman–Crippen LogP) is 5.13. The Morgan fingerprint density at radius 1 is 1.00 bits per heavy atom. The highest BCUT2D eigenvalue weighted by Gasteiger charge is 2.19. The van der Waals surface area contributed by atoms with Gasteiger partial charge in [0.25, 0.3) is 5.69 Å². The molecule has 1 N–H and O–H groups in total. The summed E-state index contributed by atoms with van der Waals surface area (Å²) in [5.41, 5.74) is 1.98. The van der Waals surface area contributed by atoms with E-state index in [9.17, 15) is 14.9 Å². The molecule has 24 heavy (non-hydrogen) atoms. The van der Waals surface area contributed by atoms with Gasteiger partial charge in [-0.3, -0.25) is 14.9 Å². The van der Waals surface area contributed by atoms with Gasteiger partial charge in [-0.05, 0) is 42.0 Å². The number of aromatic amines is 1. The van der Waals surface area contributed by atoms with Crippen LogP contribution in [-0.2, 0) is 0 Å². The second-order valence-corrected chi connectivity index (χ2v) is 5.87. The first-order valence-corrected chi connectivity index (χ1v) is 7.65. The average Bonchev–Trinajstić information content (AvgIpc) is 3.04. The molecule has 0 aliphatic carbocycles. The minimum absolute atomic E-state index is 0.0149. The highest BCUT2D eigenvalue weighted by Crippen LogP contribution is 2.29. The molecule has 7 heteroatoms. The molecule has 0 aliphatic rings. The molecular formula is C17H10Cl2N2O3. The summed E-state index contributed by atoms with van der Waals surface area (Å²) in [6.07, 6.45) is 1.63. The monoisotopic (exact) mass is 360 g/mol. The van der Waals surface area contributed by atoms with Crippen LogP contribution in [-0.4, -0.2) is 15.7 Å². The second-order valence-electron chi connectivity index (χ2n) is 5.02. The molecule has 0 spiro atoms. The standard InChI is InChI=1S/C17H10Cl2N2O3/c18-11-3-6-13(15(19)9-11)17(22)14-7-8-20-16(14)10-1-4-12(5-2-10)21(23)24/h1-9,20H. The number of hydrogen-bond acceptors (Lipinski definition) is 3. The quantitative estimate of drug-likeness (QED) is 0.398. The van der Waals surface area contributed by atoms with Crippen molar-refractivity contribution in [2.75, 3.05) is 0 Å². The molecule has 1 heterocycles. The van der Waals surface area contributed by atoms with E-state index in [2.05, 4.69) is 4.98 Å². The topological polar surface area (TPSA) is 76.0 Å². The van der Waals surface area contributed by atoms with E-state index < -0.39 is 4.92 Å². The number of nitro groups is 1. The van der Waals surface area contributed by atoms with Crippen molar-refractivity contribution in [3.8, 4) is 11.3 Å². The van der Waals surface area contributed by atoms with Crippen LogP contribution in [0.2, 0.25) is 10.0 Å². The molecule has 0 amide bonds. The second kappa shape index (κ2) is 6.47. The summed E-state index contributed by atoms with van der Waals surface area (Å²) in [5.74, 6) is -0.258. The maximum absolute atomic E-state index is 12.8. The number of carbonyl (C=O) groups is 1. The van der Waals surface area contributed by atoms with Crippen molar-refractivity contribution in [1.29, 1.82) is 0 Å². The van der Waals surface area contributed by atoms with Crippen LogP contribution in [0.1, 0.15) is 15.9 Å². The average molecular weight is 361 g/mol. The molecule has 0 radical (unpaired) electrons. The van der Waals surface area contributed by atoms with Gasteiger partial charge in [0.1, 0.15) is 0 Å². The summed E-state index contributed by atoms with van der Waals surface area (Å²) in [6, 6.07) is 12.3. The maximum Gasteiger partial charge on any atom is 0.269 e. The molecule has 0 saturated heterocycles. The number of hydrogen-bond donors (Lipinski definition) is 1. The van der Waals surface area contributed by atoms with Crippen LogP contribution in [0.3, 0.4) is 0 Å². The third-order valence-electron chi connectivity index (χ3n) is 3.53. The minimum Gasteiger partial charge on any atom is -0.361 e. The van der Waals surface area contributed by atoms with Gasteiger partial charge in [0.15, 0.2) is 5.78 Å². The molecule has 3 rings (SSSR count). The summed E-state index contributed by atoms with van der Waals surface area (Å²) in [6.45, 7) is 0. The van der Waals surface area contributed by atoms with Crippen molar-refractivity contribution in [3.05, 3.63) is 86.0 Å². The molecule has 0 fully saturated rings. The molecule has 0 saturated carbocycles. The van der Waals surface area contributed by atoms with E-state index in [4.69, 9.17) is 23.2 Å². The number of non-ortho nitro benzene ring substituents is 1. The number of ketones is 1. The lowest BCUT2D eigenvalue weighted by Crippen LogP contribution is -2.03. The Morgan fingerprint density at radius 3 is 2.33 bits per heavy atom. The Bertz CT molecular complexity index is 933. The van der Waals surface area contributed by atoms with Gasteiger partial charge < -0.3 is 4.98 Å². The molecule has 0 atom stereocenters. The first-order valence-electron chi connectivity index (χ1n) is 6.89. The summed E-state index contributed by atoms with van der Waals surface area (Å²) in [5, 5.41) is 11.5. The van der Waals surface area contributed by atoms with E-state index in [1.165, 1.54) is 18.2 Å². The number of carbonyl (C=O) groups excluding carboxylic acids is 1. The largest absolute Gasteiger partial charge is 0.361 e. The Hall–Kier alpha value is -2.63. The first-order chi connectivity index (χ1) is 11.5. The van der Waals surface area contributed by atoms with Gasteiger partial charge in [-0.2, -0.15) is 0 Å². The smallest absolute Gasteiger partial charge is 0.269 e. The summed E-state index contributed by atoms with van der Waals surface area (Å²) in [4.78, 5) is 26.0. The minimum atomic E-state index is -0.474. The fraction of sp³-hybridized carbons (Fsp3) is 0. The number of nitrogens with one attached hydrogen (secondary N) is 1. The van der Waals surface area contributed by atoms with Gasteiger partial charge in [-0.1, -0.05) is 23.2 Å². The third kappa shape index (κ3) is 3.04. The summed E-state index contributed by atoms with van der Waals surface area (Å²) >= 11 is 12.0. The lowest BCUT2D eigenvalue weighted by atomic mass is 10.00. The van der Waals surface area contributed by atoms with Crippen molar-refractivity contribution in [2.24, 2.45) is 0 Å². The Labute approximate surface area is 147 Å². The molecule has 0 aliphatic heterocycles. The highest BCUT2D eigenvalue weighted by molar-refractivity contribution is 6.37. The molecule has 0 bridgehead atoms. The molecule has 120 valence electrons. The molecule has 3 aromatic rings. The van der Waals surface area contributed by atoms with E-state index in [0.717, 1.165) is 0 Å².